The van der Waals surface area contributed by atoms with Crippen molar-refractivity contribution in [2.24, 2.45) is 11.3 Å². The Morgan fingerprint density at radius 3 is 2.77 bits per heavy atom. The summed E-state index contributed by atoms with van der Waals surface area (Å²) >= 11 is 2.86. The number of hydrogen-bond donors (Lipinski definition) is 0. The number of carbonyl (C=O) groups is 2. The molecule has 0 N–H and O–H groups in total. The topological polar surface area (TPSA) is 80.1 Å². The predicted octanol–water partition coefficient (Wildman–Crippen LogP) is 5.45. The zero-order valence-corrected chi connectivity index (χ0v) is 20.1. The standard InChI is InChI=1S/C24H28N2O3S2/c1-5-29-21(28)12-16(27)14-31-23-18(13-25)22(20-7-6-10-30-20)17-11-15(24(2,3)4)8-9-19(17)26-23/h6-7,10,15H,5,8-9,11-12,14H2,1-4H3/t15-/m1/s1. The van der Waals surface area contributed by atoms with E-state index in [4.69, 9.17) is 9.72 Å². The molecule has 0 spiro atoms. The fourth-order valence-electron chi connectivity index (χ4n) is 3.95. The Bertz CT molecular complexity index is 1000. The maximum absolute atomic E-state index is 12.2. The van der Waals surface area contributed by atoms with E-state index in [0.29, 0.717) is 16.5 Å². The van der Waals surface area contributed by atoms with Crippen molar-refractivity contribution < 1.29 is 14.3 Å². The quantitative estimate of drug-likeness (QED) is 0.313. The minimum absolute atomic E-state index is 0.0910. The second kappa shape index (κ2) is 9.97. The van der Waals surface area contributed by atoms with Crippen LogP contribution in [0.5, 0.6) is 0 Å². The van der Waals surface area contributed by atoms with E-state index in [2.05, 4.69) is 26.8 Å². The Hall–Kier alpha value is -2.17. The van der Waals surface area contributed by atoms with Crippen LogP contribution in [-0.2, 0) is 27.2 Å². The van der Waals surface area contributed by atoms with E-state index < -0.39 is 5.97 Å². The van der Waals surface area contributed by atoms with Crippen LogP contribution in [0.15, 0.2) is 22.5 Å². The summed E-state index contributed by atoms with van der Waals surface area (Å²) in [5.41, 5.74) is 3.89. The van der Waals surface area contributed by atoms with Crippen LogP contribution in [0.25, 0.3) is 10.4 Å². The van der Waals surface area contributed by atoms with Crippen LogP contribution in [0.2, 0.25) is 0 Å². The van der Waals surface area contributed by atoms with E-state index in [9.17, 15) is 14.9 Å². The molecule has 0 saturated carbocycles. The second-order valence-corrected chi connectivity index (χ2v) is 10.7. The van der Waals surface area contributed by atoms with Gasteiger partial charge in [-0.15, -0.1) is 11.3 Å². The molecular formula is C24H28N2O3S2. The summed E-state index contributed by atoms with van der Waals surface area (Å²) in [7, 11) is 0. The highest BCUT2D eigenvalue weighted by atomic mass is 32.2. The van der Waals surface area contributed by atoms with Crippen LogP contribution < -0.4 is 0 Å². The van der Waals surface area contributed by atoms with Gasteiger partial charge in [0.2, 0.25) is 0 Å². The second-order valence-electron chi connectivity index (χ2n) is 8.80. The Morgan fingerprint density at radius 2 is 2.16 bits per heavy atom. The van der Waals surface area contributed by atoms with Crippen LogP contribution in [-0.4, -0.2) is 29.1 Å². The van der Waals surface area contributed by atoms with Crippen molar-refractivity contribution in [1.29, 1.82) is 5.26 Å². The van der Waals surface area contributed by atoms with Crippen LogP contribution in [0.4, 0.5) is 0 Å². The van der Waals surface area contributed by atoms with Crippen molar-refractivity contribution >= 4 is 34.9 Å². The van der Waals surface area contributed by atoms with E-state index in [1.165, 1.54) is 17.3 Å². The van der Waals surface area contributed by atoms with Gasteiger partial charge in [-0.25, -0.2) is 4.98 Å². The van der Waals surface area contributed by atoms with Gasteiger partial charge in [0.1, 0.15) is 17.5 Å². The van der Waals surface area contributed by atoms with E-state index in [0.717, 1.165) is 35.4 Å². The molecule has 7 heteroatoms. The minimum Gasteiger partial charge on any atom is -0.466 e. The van der Waals surface area contributed by atoms with Gasteiger partial charge in [0.25, 0.3) is 0 Å². The number of thioether (sulfide) groups is 1. The highest BCUT2D eigenvalue weighted by molar-refractivity contribution is 8.00. The highest BCUT2D eigenvalue weighted by Crippen LogP contribution is 2.44. The van der Waals surface area contributed by atoms with Crippen molar-refractivity contribution in [3.63, 3.8) is 0 Å². The molecule has 5 nitrogen and oxygen atoms in total. The van der Waals surface area contributed by atoms with E-state index in [-0.39, 0.29) is 30.0 Å². The first-order valence-electron chi connectivity index (χ1n) is 10.5. The summed E-state index contributed by atoms with van der Waals surface area (Å²) in [6.45, 7) is 8.77. The van der Waals surface area contributed by atoms with Gasteiger partial charge >= 0.3 is 5.97 Å². The summed E-state index contributed by atoms with van der Waals surface area (Å²) in [4.78, 5) is 29.7. The first kappa shape index (κ1) is 23.5. The molecule has 1 aliphatic rings. The summed E-state index contributed by atoms with van der Waals surface area (Å²) in [5, 5.41) is 12.6. The molecule has 2 heterocycles. The zero-order chi connectivity index (χ0) is 22.6. The normalized spacial score (nSPS) is 15.8. The van der Waals surface area contributed by atoms with Gasteiger partial charge in [-0.1, -0.05) is 38.6 Å². The summed E-state index contributed by atoms with van der Waals surface area (Å²) in [6.07, 6.45) is 2.58. The molecule has 0 saturated heterocycles. The van der Waals surface area contributed by atoms with Gasteiger partial charge in [-0.05, 0) is 54.5 Å². The van der Waals surface area contributed by atoms with Crippen molar-refractivity contribution in [3.05, 3.63) is 34.3 Å². The number of fused-ring (bicyclic) bond motifs is 1. The molecule has 0 radical (unpaired) electrons. The fourth-order valence-corrected chi connectivity index (χ4v) is 5.62. The van der Waals surface area contributed by atoms with E-state index >= 15 is 0 Å². The zero-order valence-electron chi connectivity index (χ0n) is 18.5. The summed E-state index contributed by atoms with van der Waals surface area (Å²) < 4.78 is 4.85. The third kappa shape index (κ3) is 5.55. The maximum Gasteiger partial charge on any atom is 0.313 e. The molecule has 31 heavy (non-hydrogen) atoms. The molecule has 0 aliphatic heterocycles. The number of carbonyl (C=O) groups excluding carboxylic acids is 2. The monoisotopic (exact) mass is 456 g/mol. The smallest absolute Gasteiger partial charge is 0.313 e. The van der Waals surface area contributed by atoms with Crippen LogP contribution in [0.1, 0.15) is 57.4 Å². The number of nitrogens with zero attached hydrogens (tertiary/aromatic N) is 2. The van der Waals surface area contributed by atoms with Crippen molar-refractivity contribution in [1.82, 2.24) is 4.98 Å². The minimum atomic E-state index is -0.514. The number of rotatable bonds is 7. The number of thiophene rings is 1. The number of ketones is 1. The molecule has 0 fully saturated rings. The Balaban J connectivity index is 1.96. The van der Waals surface area contributed by atoms with Crippen molar-refractivity contribution in [2.45, 2.75) is 58.4 Å². The van der Waals surface area contributed by atoms with Gasteiger partial charge in [-0.2, -0.15) is 5.26 Å². The van der Waals surface area contributed by atoms with Gasteiger partial charge < -0.3 is 4.74 Å². The molecule has 2 aromatic rings. The number of aryl methyl sites for hydroxylation is 1. The van der Waals surface area contributed by atoms with Crippen LogP contribution >= 0.6 is 23.1 Å². The van der Waals surface area contributed by atoms with Gasteiger partial charge in [0, 0.05) is 16.1 Å². The molecule has 2 aromatic heterocycles. The first-order valence-corrected chi connectivity index (χ1v) is 12.4. The number of aromatic nitrogens is 1. The summed E-state index contributed by atoms with van der Waals surface area (Å²) in [5.74, 6) is -0.123. The molecule has 1 aliphatic carbocycles. The number of hydrogen-bond acceptors (Lipinski definition) is 7. The third-order valence-electron chi connectivity index (χ3n) is 5.65. The fraction of sp³-hybridized carbons (Fsp3) is 0.500. The Kier molecular flexibility index (Phi) is 7.55. The summed E-state index contributed by atoms with van der Waals surface area (Å²) in [6, 6.07) is 6.40. The van der Waals surface area contributed by atoms with Crippen molar-refractivity contribution in [3.8, 4) is 16.5 Å². The highest BCUT2D eigenvalue weighted by Gasteiger charge is 2.33. The molecule has 164 valence electrons. The lowest BCUT2D eigenvalue weighted by Crippen LogP contribution is -2.28. The molecule has 0 aromatic carbocycles. The molecular weight excluding hydrogens is 428 g/mol. The molecule has 0 bridgehead atoms. The average molecular weight is 457 g/mol. The lowest BCUT2D eigenvalue weighted by atomic mass is 9.70. The number of nitriles is 1. The molecule has 0 unspecified atom stereocenters. The Labute approximate surface area is 192 Å². The lowest BCUT2D eigenvalue weighted by Gasteiger charge is -2.35. The van der Waals surface area contributed by atoms with Gasteiger partial charge in [0.15, 0.2) is 5.78 Å². The van der Waals surface area contributed by atoms with E-state index in [1.54, 1.807) is 18.3 Å². The number of ether oxygens (including phenoxy) is 1. The SMILES string of the molecule is CCOC(=O)CC(=O)CSc1nc2c(c(-c3cccs3)c1C#N)C[C@H](C(C)(C)C)CC2. The van der Waals surface area contributed by atoms with Crippen molar-refractivity contribution in [2.75, 3.05) is 12.4 Å². The largest absolute Gasteiger partial charge is 0.466 e. The average Bonchev–Trinajstić information content (AvgIpc) is 3.24. The lowest BCUT2D eigenvalue weighted by molar-refractivity contribution is -0.145. The first-order chi connectivity index (χ1) is 14.7. The van der Waals surface area contributed by atoms with Gasteiger partial charge in [0.05, 0.1) is 17.9 Å². The maximum atomic E-state index is 12.2. The number of Topliss-reactive ketones (excluding diaryl/α,β-unsaturated/α-hetero) is 1. The number of esters is 1. The Morgan fingerprint density at radius 1 is 1.39 bits per heavy atom. The van der Waals surface area contributed by atoms with Crippen LogP contribution in [0, 0.1) is 22.7 Å². The van der Waals surface area contributed by atoms with Crippen LogP contribution in [0.3, 0.4) is 0 Å². The molecule has 1 atom stereocenters. The molecule has 3 rings (SSSR count). The third-order valence-corrected chi connectivity index (χ3v) is 7.57. The molecule has 0 amide bonds. The van der Waals surface area contributed by atoms with Gasteiger partial charge in [-0.3, -0.25) is 9.59 Å². The number of pyridine rings is 1. The predicted molar refractivity (Wildman–Crippen MR) is 124 cm³/mol. The van der Waals surface area contributed by atoms with E-state index in [1.807, 2.05) is 17.5 Å².